The van der Waals surface area contributed by atoms with E-state index >= 15 is 0 Å². The number of alkyl halides is 23. The first kappa shape index (κ1) is 95.7. The molecule has 5 fully saturated rings. The second kappa shape index (κ2) is 37.0. The van der Waals surface area contributed by atoms with Crippen molar-refractivity contribution < 1.29 is 220 Å². The summed E-state index contributed by atoms with van der Waals surface area (Å²) in [6.45, 7) is 19.1. The molecule has 0 aromatic rings. The van der Waals surface area contributed by atoms with Crippen LogP contribution in [0.25, 0.3) is 0 Å². The first-order valence-electron chi connectivity index (χ1n) is 29.3. The number of halogens is 23. The smallest absolute Gasteiger partial charge is 0.459 e. The third-order valence-electron chi connectivity index (χ3n) is 14.3. The minimum atomic E-state index is -5.90. The van der Waals surface area contributed by atoms with Crippen LogP contribution in [0.15, 0.2) is 60.8 Å². The number of fused-ring (bicyclic) bond motifs is 1. The van der Waals surface area contributed by atoms with Crippen LogP contribution in [-0.4, -0.2) is 201 Å². The molecule has 8 unspecified atom stereocenters. The van der Waals surface area contributed by atoms with Gasteiger partial charge in [-0.2, -0.15) is 101 Å². The van der Waals surface area contributed by atoms with Crippen LogP contribution in [0.3, 0.4) is 0 Å². The third kappa shape index (κ3) is 29.1. The van der Waals surface area contributed by atoms with Crippen molar-refractivity contribution in [2.24, 2.45) is 23.2 Å². The number of rotatable bonds is 21. The van der Waals surface area contributed by atoms with Gasteiger partial charge in [-0.3, -0.25) is 9.59 Å². The number of hydrogen-bond acceptors (Lipinski definition) is 25. The number of aliphatic hydroxyl groups is 1. The summed E-state index contributed by atoms with van der Waals surface area (Å²) in [4.78, 5) is 134. The highest BCUT2D eigenvalue weighted by molar-refractivity contribution is 6.03. The van der Waals surface area contributed by atoms with Gasteiger partial charge in [-0.15, -0.1) is 0 Å². The maximum absolute atomic E-state index is 12.7. The van der Waals surface area contributed by atoms with Crippen LogP contribution in [-0.2, 0) is 114 Å². The molecule has 0 aromatic carbocycles. The molecular formula is C59H61F23O25. The molecular weight excluding hydrogens is 1550 g/mol. The highest BCUT2D eigenvalue weighted by Crippen LogP contribution is 2.63. The Kier molecular flexibility index (Phi) is 33.1. The molecule has 2 saturated heterocycles. The molecule has 1 N–H and O–H groups in total. The van der Waals surface area contributed by atoms with Crippen LogP contribution in [0.1, 0.15) is 86.5 Å². The van der Waals surface area contributed by atoms with E-state index in [1.807, 2.05) is 0 Å². The fourth-order valence-electron chi connectivity index (χ4n) is 9.11. The fraction of sp³-hybridized carbons (Fsp3) is 0.627. The topological polar surface area (TPSA) is 336 Å². The minimum absolute atomic E-state index is 0.0518. The van der Waals surface area contributed by atoms with Crippen LogP contribution in [0.2, 0.25) is 0 Å². The Labute approximate surface area is 585 Å². The average Bonchev–Trinajstić information content (AvgIpc) is 1.53. The zero-order chi connectivity index (χ0) is 83.9. The van der Waals surface area contributed by atoms with Crippen LogP contribution < -0.4 is 0 Å². The second-order valence-corrected chi connectivity index (χ2v) is 23.4. The molecule has 0 aromatic heterocycles. The lowest BCUT2D eigenvalue weighted by atomic mass is 9.73. The number of cyclic esters (lactones) is 1. The molecule has 5 rings (SSSR count). The van der Waals surface area contributed by atoms with Crippen molar-refractivity contribution in [2.75, 3.05) is 26.4 Å². The minimum Gasteiger partial charge on any atom is -0.459 e. The van der Waals surface area contributed by atoms with Crippen molar-refractivity contribution in [2.45, 2.75) is 184 Å². The lowest BCUT2D eigenvalue weighted by Gasteiger charge is -2.38. The zero-order valence-corrected chi connectivity index (χ0v) is 55.5. The van der Waals surface area contributed by atoms with Gasteiger partial charge in [0.05, 0.1) is 6.42 Å². The van der Waals surface area contributed by atoms with Crippen LogP contribution >= 0.6 is 0 Å². The lowest BCUT2D eigenvalue weighted by Crippen LogP contribution is -2.51. The number of hydrogen-bond donors (Lipinski definition) is 1. The van der Waals surface area contributed by atoms with Crippen molar-refractivity contribution in [3.63, 3.8) is 0 Å². The highest BCUT2D eigenvalue weighted by Gasteiger charge is 2.77. The Balaban J connectivity index is 0.000000676. The molecule has 48 heteroatoms. The Bertz CT molecular complexity index is 3310. The number of carbonyl (C=O) groups is 12. The fourth-order valence-corrected chi connectivity index (χ4v) is 9.11. The summed E-state index contributed by atoms with van der Waals surface area (Å²) < 4.78 is 334. The van der Waals surface area contributed by atoms with Gasteiger partial charge in [0.15, 0.2) is 30.3 Å². The van der Waals surface area contributed by atoms with Crippen molar-refractivity contribution in [3.05, 3.63) is 60.8 Å². The maximum atomic E-state index is 12.7. The first-order chi connectivity index (χ1) is 48.1. The monoisotopic (exact) mass is 1610 g/mol. The normalized spacial score (nSPS) is 22.2. The van der Waals surface area contributed by atoms with Gasteiger partial charge in [0.1, 0.15) is 31.5 Å². The van der Waals surface area contributed by atoms with Crippen molar-refractivity contribution in [3.8, 4) is 0 Å². The van der Waals surface area contributed by atoms with Crippen LogP contribution in [0.5, 0.6) is 0 Å². The molecule has 0 radical (unpaired) electrons. The first-order valence-corrected chi connectivity index (χ1v) is 29.3. The van der Waals surface area contributed by atoms with Crippen molar-refractivity contribution in [1.29, 1.82) is 0 Å². The summed E-state index contributed by atoms with van der Waals surface area (Å²) in [5.74, 6) is -20.0. The van der Waals surface area contributed by atoms with Crippen molar-refractivity contribution in [1.82, 2.24) is 0 Å². The van der Waals surface area contributed by atoms with E-state index in [4.69, 9.17) is 14.2 Å². The molecule has 5 aliphatic rings. The lowest BCUT2D eigenvalue weighted by molar-refractivity contribution is -0.315. The van der Waals surface area contributed by atoms with Crippen LogP contribution in [0.4, 0.5) is 101 Å². The molecule has 0 spiro atoms. The largest absolute Gasteiger partial charge is 0.490 e. The van der Waals surface area contributed by atoms with E-state index in [2.05, 4.69) is 75.5 Å². The Hall–Kier alpha value is -9.31. The van der Waals surface area contributed by atoms with Gasteiger partial charge in [-0.25, -0.2) is 47.9 Å². The summed E-state index contributed by atoms with van der Waals surface area (Å²) in [7, 11) is 0. The molecule has 2 heterocycles. The Morgan fingerprint density at radius 3 is 1.31 bits per heavy atom. The predicted octanol–water partition coefficient (Wildman–Crippen LogP) is 9.82. The molecule has 2 bridgehead atoms. The van der Waals surface area contributed by atoms with Gasteiger partial charge < -0.3 is 61.9 Å². The van der Waals surface area contributed by atoms with E-state index in [1.165, 1.54) is 34.6 Å². The highest BCUT2D eigenvalue weighted by atomic mass is 19.4. The summed E-state index contributed by atoms with van der Waals surface area (Å²) in [6.07, 6.45) is -57.8. The second-order valence-electron chi connectivity index (χ2n) is 23.4. The molecule has 8 atom stereocenters. The van der Waals surface area contributed by atoms with E-state index in [-0.39, 0.29) is 53.2 Å². The maximum Gasteiger partial charge on any atom is 0.490 e. The van der Waals surface area contributed by atoms with E-state index in [0.717, 1.165) is 6.92 Å². The summed E-state index contributed by atoms with van der Waals surface area (Å²) >= 11 is 0. The molecule has 3 saturated carbocycles. The number of esters is 12. The van der Waals surface area contributed by atoms with Gasteiger partial charge in [-0.05, 0) is 86.0 Å². The summed E-state index contributed by atoms with van der Waals surface area (Å²) in [5, 5.41) is 9.59. The van der Waals surface area contributed by atoms with E-state index in [1.54, 1.807) is 0 Å². The van der Waals surface area contributed by atoms with E-state index < -0.39 is 226 Å². The molecule has 25 nitrogen and oxygen atoms in total. The van der Waals surface area contributed by atoms with Gasteiger partial charge in [0.25, 0.3) is 12.2 Å². The van der Waals surface area contributed by atoms with Crippen molar-refractivity contribution >= 4 is 71.6 Å². The molecule has 608 valence electrons. The zero-order valence-electron chi connectivity index (χ0n) is 55.5. The molecule has 3 aliphatic carbocycles. The van der Waals surface area contributed by atoms with Gasteiger partial charge >= 0.3 is 121 Å². The van der Waals surface area contributed by atoms with Gasteiger partial charge in [-0.1, -0.05) is 32.9 Å². The summed E-state index contributed by atoms with van der Waals surface area (Å²) in [5.41, 5.74) is -4.92. The number of ether oxygens (including phenoxy) is 12. The predicted molar refractivity (Wildman–Crippen MR) is 296 cm³/mol. The average molecular weight is 1610 g/mol. The van der Waals surface area contributed by atoms with Gasteiger partial charge in [0.2, 0.25) is 6.10 Å². The summed E-state index contributed by atoms with van der Waals surface area (Å²) in [6, 6.07) is 0. The molecule has 0 amide bonds. The van der Waals surface area contributed by atoms with Crippen LogP contribution in [0, 0.1) is 23.2 Å². The molecule has 2 aliphatic heterocycles. The Morgan fingerprint density at radius 2 is 0.916 bits per heavy atom. The third-order valence-corrected chi connectivity index (χ3v) is 14.3. The Morgan fingerprint density at radius 1 is 0.514 bits per heavy atom. The van der Waals surface area contributed by atoms with Gasteiger partial charge in [0, 0.05) is 39.7 Å². The van der Waals surface area contributed by atoms with E-state index in [9.17, 15) is 164 Å². The SMILES string of the molecule is C=C(C)C(=O)OC1C2CC3C1OC(=O)C3(C(=O)OC(C(F)(F)F)C(F)(F)F)C2.C=C(C)C(=O)OC1CCC(C(C)(O)C(F)(F)F)CC1.C=C(C)C(=O)OCC(=O)OC(C(F)(F)F)C(F)(F)F.C=C(C)C(=O)OCC(=O)OC1CC(F)(F)OC1=O.C=C(C)C(=O)OCC(COC(=O)C(F)(F)F)OC(=O)C(F)(F)F. The molecule has 107 heavy (non-hydrogen) atoms. The quantitative estimate of drug-likeness (QED) is 0.0367. The number of carbonyl (C=O) groups excluding carboxylic acids is 12. The van der Waals surface area contributed by atoms with E-state index in [0.29, 0.717) is 12.8 Å². The standard InChI is InChI=1S/C16H14F6O6.C13H19F3O3.C11H10F6O6.C10H10F2O6.C9H8F6O4/c1-5(2)10(23)26-8-6-3-7-9(8)27-12(24)14(7,4-6)13(25)28-11(15(17,18)19)16(20,21)22;1-8(2)11(17)19-10-6-4-9(5-7-10)12(3,18)13(14,15)16;1-5(2)7(18)21-3-6(23-9(20)11(15,16)17)4-22-8(19)10(12,13)14;1-5(2)8(14)16-4-7(13)17-6-3-10(11,12)18-9(6)15;1-4(2)6(17)18-3-5(16)19-7(8(10,11)12)9(13,14)15/h6-9,11H,1,3-4H2,2H3;9-10,18H,1,4-7H2,2-3H3;6H,1,3-4H2,2H3;6H,1,3-4H2,2H3;7H,1,3H2,2H3.